The summed E-state index contributed by atoms with van der Waals surface area (Å²) in [5.74, 6) is 0.733. The van der Waals surface area contributed by atoms with Crippen molar-refractivity contribution in [1.29, 1.82) is 0 Å². The van der Waals surface area contributed by atoms with Crippen LogP contribution in [0.2, 0.25) is 0 Å². The van der Waals surface area contributed by atoms with Crippen LogP contribution >= 0.6 is 0 Å². The highest BCUT2D eigenvalue weighted by molar-refractivity contribution is 6.08. The third-order valence-electron chi connectivity index (χ3n) is 4.77. The summed E-state index contributed by atoms with van der Waals surface area (Å²) in [6, 6.07) is 17.7. The van der Waals surface area contributed by atoms with E-state index in [9.17, 15) is 4.79 Å². The van der Waals surface area contributed by atoms with E-state index in [0.29, 0.717) is 5.56 Å². The number of hydrogen-bond donors (Lipinski definition) is 1. The van der Waals surface area contributed by atoms with Gasteiger partial charge in [-0.1, -0.05) is 24.3 Å². The number of hydrogen-bond acceptors (Lipinski definition) is 4. The molecule has 4 rings (SSSR count). The molecule has 5 heteroatoms. The minimum absolute atomic E-state index is 0.0331. The Morgan fingerprint density at radius 2 is 1.96 bits per heavy atom. The van der Waals surface area contributed by atoms with Gasteiger partial charge < -0.3 is 15.0 Å². The molecule has 1 atom stereocenters. The summed E-state index contributed by atoms with van der Waals surface area (Å²) in [5, 5.41) is 3.28. The van der Waals surface area contributed by atoms with Crippen LogP contribution in [-0.4, -0.2) is 24.0 Å². The quantitative estimate of drug-likeness (QED) is 0.749. The first-order valence-electron chi connectivity index (χ1n) is 8.93. The van der Waals surface area contributed by atoms with Gasteiger partial charge in [-0.25, -0.2) is 0 Å². The number of nitrogens with zero attached hydrogens (tertiary/aromatic N) is 2. The molecule has 1 unspecified atom stereocenters. The molecule has 0 saturated heterocycles. The lowest BCUT2D eigenvalue weighted by atomic mass is 10.1. The van der Waals surface area contributed by atoms with Gasteiger partial charge in [0, 0.05) is 29.7 Å². The Balaban J connectivity index is 1.60. The molecule has 0 spiro atoms. The summed E-state index contributed by atoms with van der Waals surface area (Å²) in [6.07, 6.45) is 4.20. The summed E-state index contributed by atoms with van der Waals surface area (Å²) >= 11 is 0. The summed E-state index contributed by atoms with van der Waals surface area (Å²) in [4.78, 5) is 19.3. The fourth-order valence-electron chi connectivity index (χ4n) is 3.51. The van der Waals surface area contributed by atoms with Gasteiger partial charge in [-0.2, -0.15) is 0 Å². The topological polar surface area (TPSA) is 54.5 Å². The minimum Gasteiger partial charge on any atom is -0.497 e. The molecule has 0 saturated carbocycles. The molecular weight excluding hydrogens is 338 g/mol. The van der Waals surface area contributed by atoms with Gasteiger partial charge in [-0.05, 0) is 43.2 Å². The maximum absolute atomic E-state index is 13.2. The van der Waals surface area contributed by atoms with Crippen LogP contribution in [0.1, 0.15) is 22.8 Å². The molecule has 1 aromatic heterocycles. The van der Waals surface area contributed by atoms with Crippen molar-refractivity contribution in [3.8, 4) is 5.75 Å². The van der Waals surface area contributed by atoms with Crippen LogP contribution in [0.5, 0.6) is 5.75 Å². The molecule has 2 aromatic carbocycles. The summed E-state index contributed by atoms with van der Waals surface area (Å²) in [7, 11) is 1.63. The fourth-order valence-corrected chi connectivity index (χ4v) is 3.51. The van der Waals surface area contributed by atoms with Gasteiger partial charge in [0.2, 0.25) is 0 Å². The van der Waals surface area contributed by atoms with E-state index in [4.69, 9.17) is 4.74 Å². The zero-order valence-corrected chi connectivity index (χ0v) is 15.3. The zero-order valence-electron chi connectivity index (χ0n) is 15.3. The third kappa shape index (κ3) is 3.36. The van der Waals surface area contributed by atoms with Crippen molar-refractivity contribution in [2.75, 3.05) is 17.3 Å². The second-order valence-corrected chi connectivity index (χ2v) is 6.68. The lowest BCUT2D eigenvalue weighted by molar-refractivity contribution is 0.0981. The number of ether oxygens (including phenoxy) is 1. The van der Waals surface area contributed by atoms with Crippen LogP contribution in [-0.2, 0) is 6.42 Å². The normalized spacial score (nSPS) is 15.3. The SMILES string of the molecule is COc1cccc(Nc2cncc(C(=O)N3c4ccccc4CC3C)c2)c1. The Labute approximate surface area is 158 Å². The van der Waals surface area contributed by atoms with E-state index in [-0.39, 0.29) is 11.9 Å². The van der Waals surface area contributed by atoms with Gasteiger partial charge in [0.05, 0.1) is 24.6 Å². The lowest BCUT2D eigenvalue weighted by Gasteiger charge is -2.23. The molecule has 27 heavy (non-hydrogen) atoms. The standard InChI is InChI=1S/C22H21N3O2/c1-15-10-16-6-3-4-9-21(16)25(15)22(26)17-11-19(14-23-13-17)24-18-7-5-8-20(12-18)27-2/h3-9,11-15,24H,10H2,1-2H3. The molecule has 1 N–H and O–H groups in total. The molecule has 1 amide bonds. The van der Waals surface area contributed by atoms with Crippen molar-refractivity contribution in [3.05, 3.63) is 78.1 Å². The molecule has 1 aliphatic heterocycles. The van der Waals surface area contributed by atoms with Crippen molar-refractivity contribution in [1.82, 2.24) is 4.98 Å². The van der Waals surface area contributed by atoms with E-state index >= 15 is 0 Å². The van der Waals surface area contributed by atoms with Gasteiger partial charge >= 0.3 is 0 Å². The van der Waals surface area contributed by atoms with Crippen LogP contribution < -0.4 is 15.0 Å². The number of carbonyl (C=O) groups excluding carboxylic acids is 1. The average Bonchev–Trinajstić information content (AvgIpc) is 3.03. The fraction of sp³-hybridized carbons (Fsp3) is 0.182. The van der Waals surface area contributed by atoms with Crippen LogP contribution in [0.25, 0.3) is 0 Å². The molecule has 2 heterocycles. The zero-order chi connectivity index (χ0) is 18.8. The van der Waals surface area contributed by atoms with Gasteiger partial charge in [0.15, 0.2) is 0 Å². The Morgan fingerprint density at radius 3 is 2.81 bits per heavy atom. The number of carbonyl (C=O) groups is 1. The summed E-state index contributed by atoms with van der Waals surface area (Å²) in [5.41, 5.74) is 4.39. The van der Waals surface area contributed by atoms with E-state index in [1.54, 1.807) is 19.5 Å². The predicted molar refractivity (Wildman–Crippen MR) is 107 cm³/mol. The molecule has 136 valence electrons. The van der Waals surface area contributed by atoms with Gasteiger partial charge in [0.1, 0.15) is 5.75 Å². The Kier molecular flexibility index (Phi) is 4.50. The Bertz CT molecular complexity index is 987. The van der Waals surface area contributed by atoms with E-state index in [2.05, 4.69) is 23.3 Å². The second kappa shape index (κ2) is 7.11. The third-order valence-corrected chi connectivity index (χ3v) is 4.77. The average molecular weight is 359 g/mol. The first kappa shape index (κ1) is 17.1. The van der Waals surface area contributed by atoms with Crippen molar-refractivity contribution in [2.45, 2.75) is 19.4 Å². The highest BCUT2D eigenvalue weighted by Crippen LogP contribution is 2.33. The van der Waals surface area contributed by atoms with Crippen LogP contribution in [0.4, 0.5) is 17.1 Å². The number of nitrogens with one attached hydrogen (secondary N) is 1. The van der Waals surface area contributed by atoms with Crippen LogP contribution in [0, 0.1) is 0 Å². The van der Waals surface area contributed by atoms with Crippen molar-refractivity contribution in [3.63, 3.8) is 0 Å². The molecular formula is C22H21N3O2. The van der Waals surface area contributed by atoms with E-state index < -0.39 is 0 Å². The van der Waals surface area contributed by atoms with Crippen molar-refractivity contribution < 1.29 is 9.53 Å². The molecule has 0 aliphatic carbocycles. The van der Waals surface area contributed by atoms with Gasteiger partial charge in [-0.15, -0.1) is 0 Å². The highest BCUT2D eigenvalue weighted by Gasteiger charge is 2.31. The smallest absolute Gasteiger partial charge is 0.260 e. The number of rotatable bonds is 4. The van der Waals surface area contributed by atoms with E-state index in [0.717, 1.165) is 29.2 Å². The molecule has 3 aromatic rings. The Morgan fingerprint density at radius 1 is 1.11 bits per heavy atom. The van der Waals surface area contributed by atoms with Crippen LogP contribution in [0.3, 0.4) is 0 Å². The largest absolute Gasteiger partial charge is 0.497 e. The van der Waals surface area contributed by atoms with E-state index in [1.165, 1.54) is 5.56 Å². The monoisotopic (exact) mass is 359 g/mol. The molecule has 5 nitrogen and oxygen atoms in total. The van der Waals surface area contributed by atoms with Gasteiger partial charge in [-0.3, -0.25) is 9.78 Å². The first-order valence-corrected chi connectivity index (χ1v) is 8.93. The van der Waals surface area contributed by atoms with Gasteiger partial charge in [0.25, 0.3) is 5.91 Å². The number of amides is 1. The Hall–Kier alpha value is -3.34. The number of fused-ring (bicyclic) bond motifs is 1. The number of aromatic nitrogens is 1. The number of para-hydroxylation sites is 1. The van der Waals surface area contributed by atoms with Crippen molar-refractivity contribution in [2.24, 2.45) is 0 Å². The highest BCUT2D eigenvalue weighted by atomic mass is 16.5. The summed E-state index contributed by atoms with van der Waals surface area (Å²) in [6.45, 7) is 2.07. The molecule has 0 radical (unpaired) electrons. The molecule has 0 fully saturated rings. The predicted octanol–water partition coefficient (Wildman–Crippen LogP) is 4.43. The van der Waals surface area contributed by atoms with Crippen LogP contribution in [0.15, 0.2) is 67.0 Å². The first-order chi connectivity index (χ1) is 13.2. The number of benzene rings is 2. The minimum atomic E-state index is -0.0331. The lowest BCUT2D eigenvalue weighted by Crippen LogP contribution is -2.35. The van der Waals surface area contributed by atoms with E-state index in [1.807, 2.05) is 53.4 Å². The maximum atomic E-state index is 13.2. The maximum Gasteiger partial charge on any atom is 0.260 e. The number of methoxy groups -OCH3 is 1. The summed E-state index contributed by atoms with van der Waals surface area (Å²) < 4.78 is 5.25. The molecule has 0 bridgehead atoms. The number of anilines is 3. The second-order valence-electron chi connectivity index (χ2n) is 6.68. The molecule has 1 aliphatic rings. The number of pyridine rings is 1. The van der Waals surface area contributed by atoms with Crippen molar-refractivity contribution >= 4 is 23.0 Å².